The van der Waals surface area contributed by atoms with Gasteiger partial charge in [0.15, 0.2) is 5.75 Å². The van der Waals surface area contributed by atoms with E-state index in [9.17, 15) is 14.8 Å². The second kappa shape index (κ2) is 2.69. The number of nitrogens with one attached hydrogen (secondary N) is 1. The van der Waals surface area contributed by atoms with Gasteiger partial charge in [-0.1, -0.05) is 0 Å². The first-order valence-electron chi connectivity index (χ1n) is 4.04. The van der Waals surface area contributed by atoms with Crippen LogP contribution in [-0.4, -0.2) is 10.1 Å². The monoisotopic (exact) mass is 180 g/mol. The normalized spacial score (nSPS) is 14.2. The highest BCUT2D eigenvalue weighted by molar-refractivity contribution is 5.55. The third-order valence-corrected chi connectivity index (χ3v) is 2.30. The Morgan fingerprint density at radius 1 is 1.38 bits per heavy atom. The molecule has 1 aliphatic carbocycles. The van der Waals surface area contributed by atoms with Gasteiger partial charge >= 0.3 is 0 Å². The molecule has 0 saturated heterocycles. The molecular weight excluding hydrogens is 172 g/mol. The number of nitrogens with zero attached hydrogens (tertiary/aromatic N) is 1. The van der Waals surface area contributed by atoms with E-state index in [-0.39, 0.29) is 5.75 Å². The van der Waals surface area contributed by atoms with Crippen molar-refractivity contribution in [3.8, 4) is 5.75 Å². The summed E-state index contributed by atoms with van der Waals surface area (Å²) >= 11 is 0. The zero-order valence-corrected chi connectivity index (χ0v) is 6.83. The molecule has 0 unspecified atom stereocenters. The van der Waals surface area contributed by atoms with Crippen LogP contribution in [0.4, 0.5) is 5.69 Å². The van der Waals surface area contributed by atoms with E-state index in [2.05, 4.69) is 10.2 Å². The van der Waals surface area contributed by atoms with Crippen LogP contribution in [0.1, 0.15) is 17.7 Å². The molecule has 0 aromatic carbocycles. The minimum Gasteiger partial charge on any atom is -0.505 e. The first-order valence-corrected chi connectivity index (χ1v) is 4.04. The topological polar surface area (TPSA) is 82.5 Å². The summed E-state index contributed by atoms with van der Waals surface area (Å²) in [4.78, 5) is 23.9. The van der Waals surface area contributed by atoms with E-state index in [0.717, 1.165) is 18.5 Å². The smallest absolute Gasteiger partial charge is 0.281 e. The highest BCUT2D eigenvalue weighted by Crippen LogP contribution is 2.32. The number of aryl methyl sites for hydroxylation is 1. The highest BCUT2D eigenvalue weighted by Gasteiger charge is 2.21. The maximum Gasteiger partial charge on any atom is 0.281 e. The van der Waals surface area contributed by atoms with E-state index >= 15 is 0 Å². The Kier molecular flexibility index (Phi) is 1.65. The average Bonchev–Trinajstić information content (AvgIpc) is 2.53. The molecule has 1 aromatic heterocycles. The molecule has 13 heavy (non-hydrogen) atoms. The Morgan fingerprint density at radius 2 is 2.15 bits per heavy atom. The number of rotatable bonds is 1. The number of fused-ring (bicyclic) bond motifs is 1. The molecule has 0 radical (unpaired) electrons. The number of hydrogen-bond acceptors (Lipinski definition) is 4. The fourth-order valence-electron chi connectivity index (χ4n) is 1.67. The fraction of sp³-hybridized carbons (Fsp3) is 0.375. The van der Waals surface area contributed by atoms with Crippen LogP contribution < -0.4 is 5.56 Å². The lowest BCUT2D eigenvalue weighted by Crippen LogP contribution is -2.08. The summed E-state index contributed by atoms with van der Waals surface area (Å²) in [5.41, 5.74) is 0.387. The minimum atomic E-state index is -0.604. The molecule has 2 N–H and O–H groups in total. The van der Waals surface area contributed by atoms with Gasteiger partial charge < -0.3 is 10.1 Å². The fourth-order valence-corrected chi connectivity index (χ4v) is 1.67. The Hall–Kier alpha value is -1.65. The zero-order chi connectivity index (χ0) is 9.42. The van der Waals surface area contributed by atoms with Gasteiger partial charge in [0.05, 0.1) is 0 Å². The Morgan fingerprint density at radius 3 is 2.85 bits per heavy atom. The quantitative estimate of drug-likeness (QED) is 0.631. The summed E-state index contributed by atoms with van der Waals surface area (Å²) in [5.74, 6) is -0.244. The first kappa shape index (κ1) is 7.97. The van der Waals surface area contributed by atoms with E-state index in [0.29, 0.717) is 12.0 Å². The molecule has 0 spiro atoms. The van der Waals surface area contributed by atoms with E-state index in [1.54, 1.807) is 0 Å². The van der Waals surface area contributed by atoms with E-state index < -0.39 is 11.2 Å². The van der Waals surface area contributed by atoms with Crippen molar-refractivity contribution in [1.29, 1.82) is 0 Å². The molecule has 5 heteroatoms. The summed E-state index contributed by atoms with van der Waals surface area (Å²) in [6.45, 7) is 0. The van der Waals surface area contributed by atoms with Crippen LogP contribution in [0.25, 0.3) is 0 Å². The largest absolute Gasteiger partial charge is 0.505 e. The minimum absolute atomic E-state index is 0.244. The predicted octanol–water partition coefficient (Wildman–Crippen LogP) is 0.967. The molecule has 1 aliphatic rings. The van der Waals surface area contributed by atoms with Gasteiger partial charge in [0, 0.05) is 11.3 Å². The first-order chi connectivity index (χ1) is 6.24. The standard InChI is InChI=1S/C8H8N2O3/c11-7-4-2-1-3-5(4)9-8(12)6(7)10-13/h1-3H2,(H2,9,11,12). The maximum absolute atomic E-state index is 11.1. The molecule has 0 saturated carbocycles. The highest BCUT2D eigenvalue weighted by atomic mass is 16.3. The van der Waals surface area contributed by atoms with Gasteiger partial charge in [-0.2, -0.15) is 0 Å². The number of H-pyrrole nitrogens is 1. The van der Waals surface area contributed by atoms with Crippen molar-refractivity contribution in [2.24, 2.45) is 5.18 Å². The van der Waals surface area contributed by atoms with Crippen molar-refractivity contribution in [2.75, 3.05) is 0 Å². The van der Waals surface area contributed by atoms with Gasteiger partial charge in [-0.15, -0.1) is 4.91 Å². The molecule has 0 atom stereocenters. The lowest BCUT2D eigenvalue weighted by Gasteiger charge is -2.02. The van der Waals surface area contributed by atoms with Crippen LogP contribution in [-0.2, 0) is 12.8 Å². The number of nitroso groups, excluding NO2 is 1. The third-order valence-electron chi connectivity index (χ3n) is 2.30. The van der Waals surface area contributed by atoms with Crippen molar-refractivity contribution in [3.63, 3.8) is 0 Å². The average molecular weight is 180 g/mol. The summed E-state index contributed by atoms with van der Waals surface area (Å²) in [5, 5.41) is 12.0. The Bertz CT molecular complexity index is 422. The van der Waals surface area contributed by atoms with Crippen molar-refractivity contribution in [3.05, 3.63) is 26.5 Å². The molecule has 5 nitrogen and oxygen atoms in total. The van der Waals surface area contributed by atoms with E-state index in [1.165, 1.54) is 0 Å². The van der Waals surface area contributed by atoms with E-state index in [4.69, 9.17) is 0 Å². The van der Waals surface area contributed by atoms with Crippen LogP contribution in [0.15, 0.2) is 9.97 Å². The SMILES string of the molecule is O=Nc1c(O)c2c([nH]c1=O)CCC2. The maximum atomic E-state index is 11.1. The van der Waals surface area contributed by atoms with Crippen molar-refractivity contribution < 1.29 is 5.11 Å². The molecule has 68 valence electrons. The van der Waals surface area contributed by atoms with Crippen molar-refractivity contribution in [2.45, 2.75) is 19.3 Å². The third kappa shape index (κ3) is 1.04. The molecule has 0 amide bonds. The molecule has 2 rings (SSSR count). The second-order valence-electron chi connectivity index (χ2n) is 3.05. The lowest BCUT2D eigenvalue weighted by molar-refractivity contribution is 0.469. The van der Waals surface area contributed by atoms with Gasteiger partial charge in [0.1, 0.15) is 0 Å². The number of aromatic nitrogens is 1. The lowest BCUT2D eigenvalue weighted by atomic mass is 10.2. The summed E-state index contributed by atoms with van der Waals surface area (Å²) in [6, 6.07) is 0. The van der Waals surface area contributed by atoms with Crippen LogP contribution in [0.5, 0.6) is 5.75 Å². The Balaban J connectivity index is 2.76. The van der Waals surface area contributed by atoms with Crippen LogP contribution in [0.2, 0.25) is 0 Å². The number of pyridine rings is 1. The van der Waals surface area contributed by atoms with Gasteiger partial charge in [-0.25, -0.2) is 0 Å². The van der Waals surface area contributed by atoms with Crippen LogP contribution >= 0.6 is 0 Å². The number of aromatic amines is 1. The van der Waals surface area contributed by atoms with Gasteiger partial charge in [0.2, 0.25) is 5.69 Å². The summed E-state index contributed by atoms with van der Waals surface area (Å²) in [7, 11) is 0. The van der Waals surface area contributed by atoms with Crippen molar-refractivity contribution >= 4 is 5.69 Å². The number of hydrogen-bond donors (Lipinski definition) is 2. The van der Waals surface area contributed by atoms with E-state index in [1.807, 2.05) is 0 Å². The zero-order valence-electron chi connectivity index (χ0n) is 6.83. The molecule has 0 aliphatic heterocycles. The van der Waals surface area contributed by atoms with Crippen LogP contribution in [0, 0.1) is 4.91 Å². The second-order valence-corrected chi connectivity index (χ2v) is 3.05. The molecule has 0 fully saturated rings. The van der Waals surface area contributed by atoms with Crippen LogP contribution in [0.3, 0.4) is 0 Å². The van der Waals surface area contributed by atoms with Gasteiger partial charge in [-0.05, 0) is 24.4 Å². The van der Waals surface area contributed by atoms with Crippen molar-refractivity contribution in [1.82, 2.24) is 4.98 Å². The van der Waals surface area contributed by atoms with Gasteiger partial charge in [-0.3, -0.25) is 4.79 Å². The Labute approximate surface area is 73.4 Å². The summed E-state index contributed by atoms with van der Waals surface area (Å²) < 4.78 is 0. The number of aromatic hydroxyl groups is 1. The summed E-state index contributed by atoms with van der Waals surface area (Å²) in [6.07, 6.45) is 2.33. The molecule has 1 aromatic rings. The molecular formula is C8H8N2O3. The predicted molar refractivity (Wildman–Crippen MR) is 46.2 cm³/mol. The molecule has 0 bridgehead atoms. The van der Waals surface area contributed by atoms with Gasteiger partial charge in [0.25, 0.3) is 5.56 Å². The molecule has 1 heterocycles.